The SMILES string of the molecule is CCOC(=O)C(CN1c2ccccc2CC1C)NC1CC1. The third-order valence-corrected chi connectivity index (χ3v) is 4.31. The van der Waals surface area contributed by atoms with Crippen LogP contribution in [-0.4, -0.2) is 37.2 Å². The highest BCUT2D eigenvalue weighted by Crippen LogP contribution is 2.32. The minimum absolute atomic E-state index is 0.124. The third kappa shape index (κ3) is 3.21. The van der Waals surface area contributed by atoms with E-state index in [1.807, 2.05) is 6.92 Å². The first-order valence-electron chi connectivity index (χ1n) is 7.96. The van der Waals surface area contributed by atoms with Gasteiger partial charge >= 0.3 is 5.97 Å². The Hall–Kier alpha value is -1.55. The number of nitrogens with one attached hydrogen (secondary N) is 1. The summed E-state index contributed by atoms with van der Waals surface area (Å²) < 4.78 is 5.24. The maximum Gasteiger partial charge on any atom is 0.324 e. The van der Waals surface area contributed by atoms with Crippen LogP contribution in [0.5, 0.6) is 0 Å². The Morgan fingerprint density at radius 3 is 2.90 bits per heavy atom. The van der Waals surface area contributed by atoms with Gasteiger partial charge in [-0.25, -0.2) is 0 Å². The number of hydrogen-bond acceptors (Lipinski definition) is 4. The van der Waals surface area contributed by atoms with Crippen molar-refractivity contribution in [3.63, 3.8) is 0 Å². The van der Waals surface area contributed by atoms with Crippen molar-refractivity contribution in [2.45, 2.75) is 51.2 Å². The largest absolute Gasteiger partial charge is 0.465 e. The number of hydrogen-bond donors (Lipinski definition) is 1. The molecule has 0 bridgehead atoms. The molecule has 2 unspecified atom stereocenters. The fraction of sp³-hybridized carbons (Fsp3) is 0.588. The molecule has 3 rings (SSSR count). The van der Waals surface area contributed by atoms with E-state index >= 15 is 0 Å². The monoisotopic (exact) mass is 288 g/mol. The molecule has 114 valence electrons. The van der Waals surface area contributed by atoms with Crippen LogP contribution in [0.2, 0.25) is 0 Å². The number of rotatable bonds is 6. The fourth-order valence-corrected chi connectivity index (χ4v) is 3.08. The summed E-state index contributed by atoms with van der Waals surface area (Å²) in [6, 6.07) is 9.18. The number of nitrogens with zero attached hydrogens (tertiary/aromatic N) is 1. The van der Waals surface area contributed by atoms with Crippen molar-refractivity contribution >= 4 is 11.7 Å². The molecule has 1 aliphatic carbocycles. The van der Waals surface area contributed by atoms with E-state index in [0.29, 0.717) is 25.2 Å². The van der Waals surface area contributed by atoms with Crippen molar-refractivity contribution in [3.05, 3.63) is 29.8 Å². The highest BCUT2D eigenvalue weighted by molar-refractivity contribution is 5.77. The van der Waals surface area contributed by atoms with Gasteiger partial charge in [0.1, 0.15) is 6.04 Å². The van der Waals surface area contributed by atoms with Gasteiger partial charge in [-0.15, -0.1) is 0 Å². The van der Waals surface area contributed by atoms with Gasteiger partial charge in [-0.05, 0) is 44.7 Å². The summed E-state index contributed by atoms with van der Waals surface area (Å²) in [6.07, 6.45) is 3.39. The van der Waals surface area contributed by atoms with Crippen LogP contribution in [0.4, 0.5) is 5.69 Å². The van der Waals surface area contributed by atoms with Crippen LogP contribution in [0.25, 0.3) is 0 Å². The minimum Gasteiger partial charge on any atom is -0.465 e. The van der Waals surface area contributed by atoms with Crippen LogP contribution >= 0.6 is 0 Å². The standard InChI is InChI=1S/C17H24N2O2/c1-3-21-17(20)15(18-14-8-9-14)11-19-12(2)10-13-6-4-5-7-16(13)19/h4-7,12,14-15,18H,3,8-11H2,1-2H3. The Bertz CT molecular complexity index is 513. The van der Waals surface area contributed by atoms with Gasteiger partial charge in [0.05, 0.1) is 6.61 Å². The summed E-state index contributed by atoms with van der Waals surface area (Å²) in [5.74, 6) is -0.124. The summed E-state index contributed by atoms with van der Waals surface area (Å²) in [4.78, 5) is 14.5. The molecule has 1 aromatic carbocycles. The second kappa shape index (κ2) is 6.06. The van der Waals surface area contributed by atoms with E-state index in [2.05, 4.69) is 41.4 Å². The zero-order valence-corrected chi connectivity index (χ0v) is 12.8. The summed E-state index contributed by atoms with van der Waals surface area (Å²) in [5, 5.41) is 3.44. The van der Waals surface area contributed by atoms with Crippen LogP contribution in [-0.2, 0) is 16.0 Å². The Labute approximate surface area is 126 Å². The Morgan fingerprint density at radius 2 is 2.19 bits per heavy atom. The highest BCUT2D eigenvalue weighted by Gasteiger charge is 2.34. The van der Waals surface area contributed by atoms with Crippen LogP contribution in [0.1, 0.15) is 32.3 Å². The molecule has 1 N–H and O–H groups in total. The number of esters is 1. The molecule has 1 heterocycles. The highest BCUT2D eigenvalue weighted by atomic mass is 16.5. The fourth-order valence-electron chi connectivity index (χ4n) is 3.08. The first kappa shape index (κ1) is 14.4. The quantitative estimate of drug-likeness (QED) is 0.814. The van der Waals surface area contributed by atoms with E-state index in [1.54, 1.807) is 0 Å². The van der Waals surface area contributed by atoms with Gasteiger partial charge in [-0.2, -0.15) is 0 Å². The molecule has 1 aliphatic heterocycles. The van der Waals surface area contributed by atoms with Crippen molar-refractivity contribution in [1.82, 2.24) is 5.32 Å². The summed E-state index contributed by atoms with van der Waals surface area (Å²) in [6.45, 7) is 5.21. The molecule has 1 aromatic rings. The van der Waals surface area contributed by atoms with E-state index in [4.69, 9.17) is 4.74 Å². The lowest BCUT2D eigenvalue weighted by molar-refractivity contribution is -0.145. The van der Waals surface area contributed by atoms with E-state index in [9.17, 15) is 4.79 Å². The zero-order chi connectivity index (χ0) is 14.8. The number of fused-ring (bicyclic) bond motifs is 1. The van der Waals surface area contributed by atoms with E-state index in [0.717, 1.165) is 6.42 Å². The van der Waals surface area contributed by atoms with Crippen LogP contribution in [0.15, 0.2) is 24.3 Å². The van der Waals surface area contributed by atoms with Crippen LogP contribution in [0, 0.1) is 0 Å². The molecule has 21 heavy (non-hydrogen) atoms. The first-order chi connectivity index (χ1) is 10.2. The molecule has 2 atom stereocenters. The normalized spacial score (nSPS) is 22.0. The van der Waals surface area contributed by atoms with Crippen molar-refractivity contribution in [2.75, 3.05) is 18.1 Å². The predicted molar refractivity (Wildman–Crippen MR) is 83.5 cm³/mol. The topological polar surface area (TPSA) is 41.6 Å². The van der Waals surface area contributed by atoms with Crippen molar-refractivity contribution < 1.29 is 9.53 Å². The van der Waals surface area contributed by atoms with Gasteiger partial charge in [0, 0.05) is 24.3 Å². The molecule has 4 heteroatoms. The molecule has 0 spiro atoms. The molecule has 1 fully saturated rings. The van der Waals surface area contributed by atoms with Gasteiger partial charge in [0.25, 0.3) is 0 Å². The number of anilines is 1. The molecule has 0 amide bonds. The maximum atomic E-state index is 12.2. The molecule has 0 radical (unpaired) electrons. The first-order valence-corrected chi connectivity index (χ1v) is 7.96. The Balaban J connectivity index is 1.73. The molecule has 0 saturated heterocycles. The lowest BCUT2D eigenvalue weighted by Crippen LogP contribution is -2.49. The van der Waals surface area contributed by atoms with Crippen LogP contribution in [0.3, 0.4) is 0 Å². The number of para-hydroxylation sites is 1. The van der Waals surface area contributed by atoms with E-state index < -0.39 is 0 Å². The van der Waals surface area contributed by atoms with Crippen molar-refractivity contribution in [1.29, 1.82) is 0 Å². The molecule has 2 aliphatic rings. The summed E-state index contributed by atoms with van der Waals surface area (Å²) in [7, 11) is 0. The van der Waals surface area contributed by atoms with E-state index in [1.165, 1.54) is 24.1 Å². The van der Waals surface area contributed by atoms with Gasteiger partial charge in [0.2, 0.25) is 0 Å². The van der Waals surface area contributed by atoms with Crippen molar-refractivity contribution in [3.8, 4) is 0 Å². The second-order valence-corrected chi connectivity index (χ2v) is 6.08. The summed E-state index contributed by atoms with van der Waals surface area (Å²) in [5.41, 5.74) is 2.64. The number of benzene rings is 1. The van der Waals surface area contributed by atoms with Gasteiger partial charge < -0.3 is 15.0 Å². The second-order valence-electron chi connectivity index (χ2n) is 6.08. The molecule has 4 nitrogen and oxygen atoms in total. The minimum atomic E-state index is -0.231. The van der Waals surface area contributed by atoms with Gasteiger partial charge in [-0.3, -0.25) is 4.79 Å². The Kier molecular flexibility index (Phi) is 4.15. The average Bonchev–Trinajstić information content (AvgIpc) is 3.23. The van der Waals surface area contributed by atoms with Gasteiger partial charge in [0.15, 0.2) is 0 Å². The molecular formula is C17H24N2O2. The average molecular weight is 288 g/mol. The molecule has 1 saturated carbocycles. The zero-order valence-electron chi connectivity index (χ0n) is 12.8. The van der Waals surface area contributed by atoms with Crippen molar-refractivity contribution in [2.24, 2.45) is 0 Å². The van der Waals surface area contributed by atoms with Gasteiger partial charge in [-0.1, -0.05) is 18.2 Å². The predicted octanol–water partition coefficient (Wildman–Crippen LogP) is 2.12. The lowest BCUT2D eigenvalue weighted by atomic mass is 10.1. The number of carbonyl (C=O) groups is 1. The molecular weight excluding hydrogens is 264 g/mol. The smallest absolute Gasteiger partial charge is 0.324 e. The van der Waals surface area contributed by atoms with E-state index in [-0.39, 0.29) is 12.0 Å². The maximum absolute atomic E-state index is 12.2. The lowest BCUT2D eigenvalue weighted by Gasteiger charge is -2.29. The third-order valence-electron chi connectivity index (χ3n) is 4.31. The Morgan fingerprint density at radius 1 is 1.43 bits per heavy atom. The number of carbonyl (C=O) groups excluding carboxylic acids is 1. The van der Waals surface area contributed by atoms with Crippen LogP contribution < -0.4 is 10.2 Å². The molecule has 0 aromatic heterocycles. The number of ether oxygens (including phenoxy) is 1. The summed E-state index contributed by atoms with van der Waals surface area (Å²) >= 11 is 0.